The first-order valence-corrected chi connectivity index (χ1v) is 14.5. The third-order valence-electron chi connectivity index (χ3n) is 7.08. The molecule has 3 aromatic carbocycles. The Morgan fingerprint density at radius 2 is 1.68 bits per heavy atom. The second kappa shape index (κ2) is 15.0. The maximum atomic E-state index is 14.4. The molecule has 0 saturated carbocycles. The number of nitrogens with zero attached hydrogens (tertiary/aromatic N) is 1. The molecule has 1 heterocycles. The number of H-pyrrole nitrogens is 1. The number of aromatic nitrogens is 2. The smallest absolute Gasteiger partial charge is 0.216 e. The van der Waals surface area contributed by atoms with Gasteiger partial charge >= 0.3 is 0 Å². The molecule has 0 amide bonds. The van der Waals surface area contributed by atoms with Gasteiger partial charge < -0.3 is 4.74 Å². The van der Waals surface area contributed by atoms with Gasteiger partial charge in [-0.05, 0) is 96.7 Å². The molecular formula is C35H39FN2O2. The van der Waals surface area contributed by atoms with Gasteiger partial charge in [0, 0.05) is 6.42 Å². The van der Waals surface area contributed by atoms with Crippen molar-refractivity contribution in [2.45, 2.75) is 65.2 Å². The number of hydrogen-bond acceptors (Lipinski definition) is 3. The van der Waals surface area contributed by atoms with E-state index in [1.165, 1.54) is 5.57 Å². The number of halogens is 1. The van der Waals surface area contributed by atoms with Crippen LogP contribution in [0.3, 0.4) is 0 Å². The summed E-state index contributed by atoms with van der Waals surface area (Å²) in [4.78, 5) is 11.7. The Morgan fingerprint density at radius 3 is 2.42 bits per heavy atom. The monoisotopic (exact) mass is 538 g/mol. The molecular weight excluding hydrogens is 499 g/mol. The molecule has 0 unspecified atom stereocenters. The van der Waals surface area contributed by atoms with Crippen molar-refractivity contribution in [2.24, 2.45) is 0 Å². The van der Waals surface area contributed by atoms with E-state index in [2.05, 4.69) is 48.3 Å². The third kappa shape index (κ3) is 7.78. The third-order valence-corrected chi connectivity index (χ3v) is 7.08. The average Bonchev–Trinajstić information content (AvgIpc) is 3.36. The summed E-state index contributed by atoms with van der Waals surface area (Å²) in [5.41, 5.74) is 6.02. The zero-order valence-electron chi connectivity index (χ0n) is 23.6. The highest BCUT2D eigenvalue weighted by Crippen LogP contribution is 2.36. The lowest BCUT2D eigenvalue weighted by molar-refractivity contribution is -0.114. The van der Waals surface area contributed by atoms with Crippen molar-refractivity contribution < 1.29 is 13.9 Å². The van der Waals surface area contributed by atoms with E-state index >= 15 is 0 Å². The van der Waals surface area contributed by atoms with Crippen LogP contribution in [0.25, 0.3) is 22.0 Å². The number of carbonyl (C=O) groups excluding carboxylic acids is 1. The summed E-state index contributed by atoms with van der Waals surface area (Å²) >= 11 is 0. The summed E-state index contributed by atoms with van der Waals surface area (Å²) in [6.07, 6.45) is 11.2. The minimum absolute atomic E-state index is 0.232. The minimum Gasteiger partial charge on any atom is -0.494 e. The highest BCUT2D eigenvalue weighted by atomic mass is 19.1. The van der Waals surface area contributed by atoms with Crippen LogP contribution in [0, 0.1) is 5.95 Å². The maximum absolute atomic E-state index is 14.4. The van der Waals surface area contributed by atoms with Crippen molar-refractivity contribution in [3.05, 3.63) is 108 Å². The molecule has 0 atom stereocenters. The normalized spacial score (nSPS) is 12.2. The number of fused-ring (bicyclic) bond motifs is 1. The second-order valence-corrected chi connectivity index (χ2v) is 10.0. The molecule has 0 spiro atoms. The number of rotatable bonds is 15. The summed E-state index contributed by atoms with van der Waals surface area (Å²) in [6.45, 7) is 4.90. The highest BCUT2D eigenvalue weighted by Gasteiger charge is 2.15. The summed E-state index contributed by atoms with van der Waals surface area (Å²) in [5, 5.41) is 6.98. The summed E-state index contributed by atoms with van der Waals surface area (Å²) in [7, 11) is 0. The molecule has 208 valence electrons. The van der Waals surface area contributed by atoms with Crippen LogP contribution >= 0.6 is 0 Å². The van der Waals surface area contributed by atoms with E-state index in [1.807, 2.05) is 54.6 Å². The van der Waals surface area contributed by atoms with E-state index in [4.69, 9.17) is 4.74 Å². The fraction of sp³-hybridized carbons (Fsp3) is 0.314. The zero-order chi connectivity index (χ0) is 28.2. The molecule has 0 aliphatic carbocycles. The van der Waals surface area contributed by atoms with Gasteiger partial charge in [0.2, 0.25) is 5.95 Å². The quantitative estimate of drug-likeness (QED) is 0.0932. The van der Waals surface area contributed by atoms with Crippen molar-refractivity contribution in [1.29, 1.82) is 0 Å². The first-order valence-electron chi connectivity index (χ1n) is 14.5. The molecule has 4 rings (SSSR count). The number of ketones is 1. The van der Waals surface area contributed by atoms with E-state index in [0.717, 1.165) is 73.0 Å². The van der Waals surface area contributed by atoms with Crippen LogP contribution in [0.2, 0.25) is 0 Å². The topological polar surface area (TPSA) is 55.0 Å². The molecule has 4 aromatic rings. The van der Waals surface area contributed by atoms with Crippen LogP contribution in [0.1, 0.15) is 81.9 Å². The lowest BCUT2D eigenvalue weighted by Crippen LogP contribution is -1.98. The van der Waals surface area contributed by atoms with Gasteiger partial charge in [-0.3, -0.25) is 9.89 Å². The number of benzene rings is 3. The molecule has 5 heteroatoms. The van der Waals surface area contributed by atoms with E-state index in [9.17, 15) is 9.18 Å². The van der Waals surface area contributed by atoms with Gasteiger partial charge in [-0.2, -0.15) is 9.49 Å². The second-order valence-electron chi connectivity index (χ2n) is 10.0. The van der Waals surface area contributed by atoms with E-state index in [1.54, 1.807) is 6.08 Å². The molecule has 0 bridgehead atoms. The standard InChI is InChI=1S/C35H39FN2O2/c1-3-5-16-29(39)17-12-7-6-8-13-24-40-30-21-18-27(19-22-30)34(31(4-2)26-14-10-9-11-15-26)28-20-23-33-32(25-28)35(36)38-37-33/h9-12,14-15,17-23,25H,3-8,13,16,24H2,1-2H3,(H,37,38)/b17-12+,34-31+. The fourth-order valence-corrected chi connectivity index (χ4v) is 4.91. The molecule has 1 N–H and O–H groups in total. The number of aromatic amines is 1. The summed E-state index contributed by atoms with van der Waals surface area (Å²) in [5.74, 6) is 0.642. The summed E-state index contributed by atoms with van der Waals surface area (Å²) < 4.78 is 20.4. The van der Waals surface area contributed by atoms with Gasteiger partial charge in [-0.25, -0.2) is 0 Å². The molecule has 40 heavy (non-hydrogen) atoms. The molecule has 4 nitrogen and oxygen atoms in total. The van der Waals surface area contributed by atoms with Gasteiger partial charge in [0.1, 0.15) is 5.75 Å². The Hall–Kier alpha value is -3.99. The van der Waals surface area contributed by atoms with Crippen LogP contribution in [0.15, 0.2) is 84.9 Å². The van der Waals surface area contributed by atoms with E-state index in [-0.39, 0.29) is 5.78 Å². The Bertz CT molecular complexity index is 1440. The summed E-state index contributed by atoms with van der Waals surface area (Å²) in [6, 6.07) is 24.3. The van der Waals surface area contributed by atoms with Gasteiger partial charge in [0.15, 0.2) is 5.78 Å². The van der Waals surface area contributed by atoms with Crippen molar-refractivity contribution in [1.82, 2.24) is 10.2 Å². The molecule has 0 fully saturated rings. The number of ether oxygens (including phenoxy) is 1. The Morgan fingerprint density at radius 1 is 0.900 bits per heavy atom. The van der Waals surface area contributed by atoms with Gasteiger partial charge in [-0.15, -0.1) is 0 Å². The van der Waals surface area contributed by atoms with Gasteiger partial charge in [0.05, 0.1) is 17.5 Å². The van der Waals surface area contributed by atoms with E-state index < -0.39 is 5.95 Å². The minimum atomic E-state index is -0.422. The Balaban J connectivity index is 1.43. The lowest BCUT2D eigenvalue weighted by Gasteiger charge is -2.17. The Kier molecular flexibility index (Phi) is 10.9. The Labute approximate surface area is 237 Å². The SMILES string of the molecule is CCCCC(=O)/C=C/CCCCCOc1ccc(/C(=C(/CC)c2ccccc2)c2ccc3n[nH]c(F)c3c2)cc1. The predicted molar refractivity (Wildman–Crippen MR) is 163 cm³/mol. The molecule has 0 aliphatic heterocycles. The number of unbranched alkanes of at least 4 members (excludes halogenated alkanes) is 4. The molecule has 0 radical (unpaired) electrons. The number of hydrogen-bond donors (Lipinski definition) is 1. The highest BCUT2D eigenvalue weighted by molar-refractivity contribution is 6.00. The van der Waals surface area contributed by atoms with Crippen LogP contribution in [0.4, 0.5) is 4.39 Å². The molecule has 0 saturated heterocycles. The van der Waals surface area contributed by atoms with Crippen LogP contribution in [0.5, 0.6) is 5.75 Å². The van der Waals surface area contributed by atoms with Crippen molar-refractivity contribution >= 4 is 27.8 Å². The first-order chi connectivity index (χ1) is 19.6. The fourth-order valence-electron chi connectivity index (χ4n) is 4.91. The maximum Gasteiger partial charge on any atom is 0.216 e. The van der Waals surface area contributed by atoms with Crippen molar-refractivity contribution in [3.63, 3.8) is 0 Å². The van der Waals surface area contributed by atoms with Crippen LogP contribution in [-0.2, 0) is 4.79 Å². The predicted octanol–water partition coefficient (Wildman–Crippen LogP) is 9.33. The first kappa shape index (κ1) is 29.0. The largest absolute Gasteiger partial charge is 0.494 e. The average molecular weight is 539 g/mol. The van der Waals surface area contributed by atoms with Crippen molar-refractivity contribution in [3.8, 4) is 5.75 Å². The number of nitrogens with one attached hydrogen (secondary N) is 1. The zero-order valence-corrected chi connectivity index (χ0v) is 23.6. The van der Waals surface area contributed by atoms with Crippen LogP contribution < -0.4 is 4.74 Å². The molecule has 0 aliphatic rings. The van der Waals surface area contributed by atoms with Crippen molar-refractivity contribution in [2.75, 3.05) is 6.61 Å². The molecule has 1 aromatic heterocycles. The van der Waals surface area contributed by atoms with E-state index in [0.29, 0.717) is 23.9 Å². The van der Waals surface area contributed by atoms with Gasteiger partial charge in [-0.1, -0.05) is 74.9 Å². The van der Waals surface area contributed by atoms with Crippen LogP contribution in [-0.4, -0.2) is 22.6 Å². The number of allylic oxidation sites excluding steroid dienone is 3. The number of carbonyl (C=O) groups is 1. The lowest BCUT2D eigenvalue weighted by atomic mass is 9.88. The van der Waals surface area contributed by atoms with Gasteiger partial charge in [0.25, 0.3) is 0 Å².